The summed E-state index contributed by atoms with van der Waals surface area (Å²) in [5.41, 5.74) is 1.18. The zero-order chi connectivity index (χ0) is 17.2. The zero-order valence-electron chi connectivity index (χ0n) is 14.8. The molecule has 2 saturated heterocycles. The van der Waals surface area contributed by atoms with Gasteiger partial charge in [0.15, 0.2) is 0 Å². The van der Waals surface area contributed by atoms with Gasteiger partial charge in [0, 0.05) is 32.7 Å². The zero-order valence-corrected chi connectivity index (χ0v) is 14.8. The van der Waals surface area contributed by atoms with Crippen molar-refractivity contribution in [2.24, 2.45) is 11.8 Å². The van der Waals surface area contributed by atoms with E-state index in [9.17, 15) is 9.90 Å². The summed E-state index contributed by atoms with van der Waals surface area (Å²) in [6.07, 6.45) is 3.63. The summed E-state index contributed by atoms with van der Waals surface area (Å²) in [5, 5.41) is 9.78. The molecule has 1 amide bonds. The number of aromatic hydroxyl groups is 1. The van der Waals surface area contributed by atoms with Crippen LogP contribution in [0.25, 0.3) is 0 Å². The van der Waals surface area contributed by atoms with Gasteiger partial charge in [-0.2, -0.15) is 0 Å². The molecule has 3 atom stereocenters. The predicted molar refractivity (Wildman–Crippen MR) is 94.0 cm³/mol. The Morgan fingerprint density at radius 2 is 2.29 bits per heavy atom. The van der Waals surface area contributed by atoms with Gasteiger partial charge in [0.25, 0.3) is 0 Å². The number of amides is 1. The van der Waals surface area contributed by atoms with Crippen LogP contribution in [0, 0.1) is 11.8 Å². The summed E-state index contributed by atoms with van der Waals surface area (Å²) in [7, 11) is 0. The normalized spacial score (nSPS) is 30.5. The van der Waals surface area contributed by atoms with Crippen LogP contribution < -0.4 is 0 Å². The Morgan fingerprint density at radius 3 is 2.96 bits per heavy atom. The van der Waals surface area contributed by atoms with E-state index in [1.807, 2.05) is 17.0 Å². The van der Waals surface area contributed by atoms with Crippen molar-refractivity contribution in [3.8, 4) is 5.75 Å². The van der Waals surface area contributed by atoms with E-state index in [1.165, 1.54) is 5.56 Å². The minimum atomic E-state index is 0.00874. The number of hydrogen-bond acceptors (Lipinski definition) is 3. The van der Waals surface area contributed by atoms with Crippen molar-refractivity contribution in [2.75, 3.05) is 26.3 Å². The molecule has 4 nitrogen and oxygen atoms in total. The average molecular weight is 331 g/mol. The van der Waals surface area contributed by atoms with Crippen LogP contribution in [-0.4, -0.2) is 42.2 Å². The Hall–Kier alpha value is -1.55. The Balaban J connectivity index is 1.59. The Kier molecular flexibility index (Phi) is 5.14. The van der Waals surface area contributed by atoms with Gasteiger partial charge in [-0.25, -0.2) is 0 Å². The number of likely N-dealkylation sites (tertiary alicyclic amines) is 1. The molecule has 2 aliphatic heterocycles. The number of benzene rings is 1. The molecule has 0 aliphatic carbocycles. The lowest BCUT2D eigenvalue weighted by molar-refractivity contribution is -0.134. The number of hydrogen-bond donors (Lipinski definition) is 1. The maximum Gasteiger partial charge on any atom is 0.222 e. The van der Waals surface area contributed by atoms with Gasteiger partial charge >= 0.3 is 0 Å². The van der Waals surface area contributed by atoms with E-state index in [0.717, 1.165) is 45.6 Å². The lowest BCUT2D eigenvalue weighted by Crippen LogP contribution is -2.49. The van der Waals surface area contributed by atoms with Crippen molar-refractivity contribution >= 4 is 5.91 Å². The Bertz CT molecular complexity index is 582. The van der Waals surface area contributed by atoms with Crippen LogP contribution in [0.15, 0.2) is 24.3 Å². The van der Waals surface area contributed by atoms with Crippen molar-refractivity contribution in [3.05, 3.63) is 29.8 Å². The summed E-state index contributed by atoms with van der Waals surface area (Å²) < 4.78 is 5.39. The van der Waals surface area contributed by atoms with Gasteiger partial charge in [-0.15, -0.1) is 0 Å². The highest BCUT2D eigenvalue weighted by Crippen LogP contribution is 2.40. The first-order valence-corrected chi connectivity index (χ1v) is 9.14. The van der Waals surface area contributed by atoms with Crippen LogP contribution >= 0.6 is 0 Å². The molecular formula is C20H29NO3. The number of ether oxygens (including phenoxy) is 1. The number of nitrogens with zero attached hydrogens (tertiary/aromatic N) is 1. The van der Waals surface area contributed by atoms with Gasteiger partial charge in [0.2, 0.25) is 5.91 Å². The highest BCUT2D eigenvalue weighted by Gasteiger charge is 2.39. The van der Waals surface area contributed by atoms with Gasteiger partial charge in [-0.3, -0.25) is 4.79 Å². The Labute approximate surface area is 144 Å². The van der Waals surface area contributed by atoms with Gasteiger partial charge in [-0.05, 0) is 54.2 Å². The summed E-state index contributed by atoms with van der Waals surface area (Å²) in [6, 6.07) is 7.58. The van der Waals surface area contributed by atoms with Crippen molar-refractivity contribution in [2.45, 2.75) is 44.9 Å². The van der Waals surface area contributed by atoms with E-state index in [0.29, 0.717) is 24.0 Å². The smallest absolute Gasteiger partial charge is 0.222 e. The third-order valence-corrected chi connectivity index (χ3v) is 6.13. The summed E-state index contributed by atoms with van der Waals surface area (Å²) >= 11 is 0. The molecule has 4 heteroatoms. The van der Waals surface area contributed by atoms with Crippen LogP contribution in [-0.2, 0) is 14.9 Å². The second kappa shape index (κ2) is 7.14. The predicted octanol–water partition coefficient (Wildman–Crippen LogP) is 3.34. The van der Waals surface area contributed by atoms with Crippen molar-refractivity contribution in [1.29, 1.82) is 0 Å². The maximum absolute atomic E-state index is 12.5. The Morgan fingerprint density at radius 1 is 1.46 bits per heavy atom. The standard InChI is InChI=1S/C20H29NO3/c1-15-13-21(19(23)7-6-16-8-11-24-14-16)10-9-20(15,2)17-4-3-5-18(22)12-17/h3-5,12,15-16,22H,6-11,13-14H2,1-2H3/t15-,16?,20-/m0/s1. The third kappa shape index (κ3) is 3.59. The monoisotopic (exact) mass is 331 g/mol. The molecule has 1 aromatic carbocycles. The van der Waals surface area contributed by atoms with E-state index in [2.05, 4.69) is 19.9 Å². The van der Waals surface area contributed by atoms with E-state index < -0.39 is 0 Å². The molecule has 0 radical (unpaired) electrons. The molecule has 1 unspecified atom stereocenters. The van der Waals surface area contributed by atoms with Crippen molar-refractivity contribution in [1.82, 2.24) is 4.90 Å². The second-order valence-corrected chi connectivity index (χ2v) is 7.73. The van der Waals surface area contributed by atoms with E-state index in [-0.39, 0.29) is 11.3 Å². The van der Waals surface area contributed by atoms with E-state index in [4.69, 9.17) is 4.74 Å². The van der Waals surface area contributed by atoms with Crippen LogP contribution in [0.2, 0.25) is 0 Å². The first-order valence-electron chi connectivity index (χ1n) is 9.14. The van der Waals surface area contributed by atoms with Gasteiger partial charge in [0.05, 0.1) is 0 Å². The molecule has 2 heterocycles. The number of piperidine rings is 1. The lowest BCUT2D eigenvalue weighted by atomic mass is 9.68. The molecule has 24 heavy (non-hydrogen) atoms. The molecule has 0 aromatic heterocycles. The lowest BCUT2D eigenvalue weighted by Gasteiger charge is -2.45. The maximum atomic E-state index is 12.5. The quantitative estimate of drug-likeness (QED) is 0.920. The third-order valence-electron chi connectivity index (χ3n) is 6.13. The fraction of sp³-hybridized carbons (Fsp3) is 0.650. The van der Waals surface area contributed by atoms with Crippen LogP contribution in [0.4, 0.5) is 0 Å². The summed E-state index contributed by atoms with van der Waals surface area (Å²) in [5.74, 6) is 1.53. The molecule has 0 bridgehead atoms. The largest absolute Gasteiger partial charge is 0.508 e. The molecule has 132 valence electrons. The number of carbonyl (C=O) groups excluding carboxylic acids is 1. The SMILES string of the molecule is C[C@H]1CN(C(=O)CCC2CCOC2)CC[C@]1(C)c1cccc(O)c1. The number of phenols is 1. The van der Waals surface area contributed by atoms with E-state index in [1.54, 1.807) is 6.07 Å². The van der Waals surface area contributed by atoms with Gasteiger partial charge in [0.1, 0.15) is 5.75 Å². The minimum Gasteiger partial charge on any atom is -0.508 e. The topological polar surface area (TPSA) is 49.8 Å². The minimum absolute atomic E-state index is 0.00874. The molecular weight excluding hydrogens is 302 g/mol. The number of carbonyl (C=O) groups is 1. The van der Waals surface area contributed by atoms with Gasteiger partial charge < -0.3 is 14.7 Å². The molecule has 0 spiro atoms. The van der Waals surface area contributed by atoms with Crippen LogP contribution in [0.3, 0.4) is 0 Å². The second-order valence-electron chi connectivity index (χ2n) is 7.73. The fourth-order valence-corrected chi connectivity index (χ4v) is 4.05. The van der Waals surface area contributed by atoms with Crippen LogP contribution in [0.5, 0.6) is 5.75 Å². The molecule has 2 fully saturated rings. The molecule has 0 saturated carbocycles. The van der Waals surface area contributed by atoms with Crippen molar-refractivity contribution < 1.29 is 14.6 Å². The first kappa shape index (κ1) is 17.3. The molecule has 1 aromatic rings. The van der Waals surface area contributed by atoms with Crippen molar-refractivity contribution in [3.63, 3.8) is 0 Å². The van der Waals surface area contributed by atoms with E-state index >= 15 is 0 Å². The highest BCUT2D eigenvalue weighted by molar-refractivity contribution is 5.76. The average Bonchev–Trinajstić information content (AvgIpc) is 3.08. The summed E-state index contributed by atoms with van der Waals surface area (Å²) in [4.78, 5) is 14.6. The number of rotatable bonds is 4. The first-order chi connectivity index (χ1) is 11.5. The highest BCUT2D eigenvalue weighted by atomic mass is 16.5. The van der Waals surface area contributed by atoms with Crippen LogP contribution in [0.1, 0.15) is 45.1 Å². The molecule has 3 rings (SSSR count). The van der Waals surface area contributed by atoms with Gasteiger partial charge in [-0.1, -0.05) is 26.0 Å². The fourth-order valence-electron chi connectivity index (χ4n) is 4.05. The molecule has 1 N–H and O–H groups in total. The number of phenolic OH excluding ortho intramolecular Hbond substituents is 1. The molecule has 2 aliphatic rings. The summed E-state index contributed by atoms with van der Waals surface area (Å²) in [6.45, 7) is 7.74.